The van der Waals surface area contributed by atoms with Crippen LogP contribution in [0.15, 0.2) is 60.7 Å². The zero-order valence-electron chi connectivity index (χ0n) is 16.5. The Bertz CT molecular complexity index is 735. The zero-order valence-corrected chi connectivity index (χ0v) is 16.5. The van der Waals surface area contributed by atoms with Crippen LogP contribution in [-0.2, 0) is 13.0 Å². The highest BCUT2D eigenvalue weighted by Crippen LogP contribution is 2.34. The summed E-state index contributed by atoms with van der Waals surface area (Å²) in [6.07, 6.45) is 7.10. The lowest BCUT2D eigenvalue weighted by Gasteiger charge is -2.49. The van der Waals surface area contributed by atoms with Gasteiger partial charge in [-0.15, -0.1) is 0 Å². The van der Waals surface area contributed by atoms with Gasteiger partial charge in [-0.05, 0) is 43.2 Å². The third-order valence-electron chi connectivity index (χ3n) is 6.26. The fourth-order valence-electron chi connectivity index (χ4n) is 4.88. The number of piperidine rings is 2. The minimum atomic E-state index is -0.0373. The third-order valence-corrected chi connectivity index (χ3v) is 6.26. The first-order valence-corrected chi connectivity index (χ1v) is 10.7. The molecule has 2 fully saturated rings. The second-order valence-electron chi connectivity index (χ2n) is 8.19. The second-order valence-corrected chi connectivity index (χ2v) is 8.19. The minimum absolute atomic E-state index is 0.0373. The van der Waals surface area contributed by atoms with Gasteiger partial charge in [-0.1, -0.05) is 67.1 Å². The molecule has 0 aromatic heterocycles. The van der Waals surface area contributed by atoms with Crippen molar-refractivity contribution in [2.75, 3.05) is 6.54 Å². The Kier molecular flexibility index (Phi) is 6.27. The molecule has 4 nitrogen and oxygen atoms in total. The van der Waals surface area contributed by atoms with Crippen molar-refractivity contribution in [1.82, 2.24) is 15.5 Å². The first-order valence-electron chi connectivity index (χ1n) is 10.7. The van der Waals surface area contributed by atoms with E-state index in [1.54, 1.807) is 0 Å². The molecule has 2 amide bonds. The predicted octanol–water partition coefficient (Wildman–Crippen LogP) is 4.11. The van der Waals surface area contributed by atoms with Gasteiger partial charge in [-0.3, -0.25) is 4.90 Å². The molecule has 0 aliphatic carbocycles. The molecule has 148 valence electrons. The summed E-state index contributed by atoms with van der Waals surface area (Å²) in [5.41, 5.74) is 2.55. The molecule has 4 heteroatoms. The summed E-state index contributed by atoms with van der Waals surface area (Å²) in [5, 5.41) is 6.24. The van der Waals surface area contributed by atoms with Gasteiger partial charge in [0.15, 0.2) is 0 Å². The Balaban J connectivity index is 1.27. The normalized spacial score (nSPS) is 24.5. The van der Waals surface area contributed by atoms with Gasteiger partial charge in [-0.2, -0.15) is 0 Å². The van der Waals surface area contributed by atoms with Crippen molar-refractivity contribution in [3.8, 4) is 0 Å². The molecule has 0 spiro atoms. The Hall–Kier alpha value is -2.33. The largest absolute Gasteiger partial charge is 0.335 e. The minimum Gasteiger partial charge on any atom is -0.335 e. The van der Waals surface area contributed by atoms with E-state index in [1.807, 2.05) is 30.3 Å². The van der Waals surface area contributed by atoms with E-state index in [0.717, 1.165) is 31.4 Å². The van der Waals surface area contributed by atoms with Crippen LogP contribution < -0.4 is 10.6 Å². The number of nitrogens with one attached hydrogen (secondary N) is 2. The van der Waals surface area contributed by atoms with Gasteiger partial charge >= 0.3 is 6.03 Å². The van der Waals surface area contributed by atoms with Crippen LogP contribution in [0.4, 0.5) is 4.79 Å². The monoisotopic (exact) mass is 377 g/mol. The van der Waals surface area contributed by atoms with Gasteiger partial charge in [0.2, 0.25) is 0 Å². The summed E-state index contributed by atoms with van der Waals surface area (Å²) in [5.74, 6) is 0. The van der Waals surface area contributed by atoms with Gasteiger partial charge < -0.3 is 10.6 Å². The van der Waals surface area contributed by atoms with Crippen LogP contribution in [-0.4, -0.2) is 35.6 Å². The van der Waals surface area contributed by atoms with Crippen molar-refractivity contribution < 1.29 is 4.79 Å². The van der Waals surface area contributed by atoms with E-state index in [9.17, 15) is 4.79 Å². The fraction of sp³-hybridized carbons (Fsp3) is 0.458. The van der Waals surface area contributed by atoms with Gasteiger partial charge in [0, 0.05) is 31.2 Å². The number of urea groups is 1. The summed E-state index contributed by atoms with van der Waals surface area (Å²) in [7, 11) is 0. The maximum absolute atomic E-state index is 12.4. The van der Waals surface area contributed by atoms with Crippen LogP contribution in [0, 0.1) is 0 Å². The molecule has 28 heavy (non-hydrogen) atoms. The second kappa shape index (κ2) is 9.24. The van der Waals surface area contributed by atoms with Crippen LogP contribution >= 0.6 is 0 Å². The SMILES string of the molecule is O=C(NCc1ccccc1)NC1CC2CCCC(C1)N2CCc1ccccc1. The maximum Gasteiger partial charge on any atom is 0.315 e. The standard InChI is InChI=1S/C24H31N3O/c28-24(25-18-20-10-5-2-6-11-20)26-21-16-22-12-7-13-23(17-21)27(22)15-14-19-8-3-1-4-9-19/h1-6,8-11,21-23H,7,12-18H2,(H2,25,26,28). The molecule has 2 saturated heterocycles. The van der Waals surface area contributed by atoms with E-state index in [0.29, 0.717) is 24.7 Å². The summed E-state index contributed by atoms with van der Waals surface area (Å²) in [6.45, 7) is 1.71. The summed E-state index contributed by atoms with van der Waals surface area (Å²) in [4.78, 5) is 15.1. The number of hydrogen-bond acceptors (Lipinski definition) is 2. The average molecular weight is 378 g/mol. The predicted molar refractivity (Wildman–Crippen MR) is 113 cm³/mol. The number of hydrogen-bond donors (Lipinski definition) is 2. The van der Waals surface area contributed by atoms with Gasteiger partial charge in [0.25, 0.3) is 0 Å². The average Bonchev–Trinajstić information content (AvgIpc) is 2.72. The van der Waals surface area contributed by atoms with Crippen molar-refractivity contribution in [2.45, 2.75) is 63.2 Å². The highest BCUT2D eigenvalue weighted by Gasteiger charge is 2.38. The molecule has 0 saturated carbocycles. The molecule has 2 unspecified atom stereocenters. The van der Waals surface area contributed by atoms with Crippen molar-refractivity contribution in [3.05, 3.63) is 71.8 Å². The van der Waals surface area contributed by atoms with Gasteiger partial charge in [0.05, 0.1) is 0 Å². The molecule has 2 aromatic carbocycles. The number of fused-ring (bicyclic) bond motifs is 2. The van der Waals surface area contributed by atoms with E-state index >= 15 is 0 Å². The van der Waals surface area contributed by atoms with Crippen LogP contribution in [0.1, 0.15) is 43.2 Å². The lowest BCUT2D eigenvalue weighted by Crippen LogP contribution is -2.58. The Morgan fingerprint density at radius 3 is 2.14 bits per heavy atom. The smallest absolute Gasteiger partial charge is 0.315 e. The summed E-state index contributed by atoms with van der Waals surface area (Å²) >= 11 is 0. The number of benzene rings is 2. The van der Waals surface area contributed by atoms with E-state index in [2.05, 4.69) is 45.9 Å². The third kappa shape index (κ3) is 4.93. The van der Waals surface area contributed by atoms with E-state index in [4.69, 9.17) is 0 Å². The first kappa shape index (κ1) is 19.0. The summed E-state index contributed by atoms with van der Waals surface area (Å²) < 4.78 is 0. The molecule has 2 N–H and O–H groups in total. The summed E-state index contributed by atoms with van der Waals surface area (Å²) in [6, 6.07) is 22.3. The molecule has 2 bridgehead atoms. The zero-order chi connectivity index (χ0) is 19.2. The molecule has 2 aliphatic heterocycles. The van der Waals surface area contributed by atoms with Crippen LogP contribution in [0.3, 0.4) is 0 Å². The molecule has 2 heterocycles. The molecule has 0 radical (unpaired) electrons. The molecule has 2 atom stereocenters. The highest BCUT2D eigenvalue weighted by atomic mass is 16.2. The number of rotatable bonds is 6. The molecule has 4 rings (SSSR count). The number of carbonyl (C=O) groups is 1. The van der Waals surface area contributed by atoms with E-state index in [-0.39, 0.29) is 6.03 Å². The quantitative estimate of drug-likeness (QED) is 0.796. The Morgan fingerprint density at radius 1 is 0.893 bits per heavy atom. The number of carbonyl (C=O) groups excluding carboxylic acids is 1. The Morgan fingerprint density at radius 2 is 1.50 bits per heavy atom. The lowest BCUT2D eigenvalue weighted by molar-refractivity contribution is 0.0277. The van der Waals surface area contributed by atoms with Crippen molar-refractivity contribution in [1.29, 1.82) is 0 Å². The molecule has 2 aromatic rings. The molecular weight excluding hydrogens is 346 g/mol. The van der Waals surface area contributed by atoms with Crippen LogP contribution in [0.25, 0.3) is 0 Å². The maximum atomic E-state index is 12.4. The van der Waals surface area contributed by atoms with Gasteiger partial charge in [0.1, 0.15) is 0 Å². The highest BCUT2D eigenvalue weighted by molar-refractivity contribution is 5.74. The van der Waals surface area contributed by atoms with Crippen LogP contribution in [0.5, 0.6) is 0 Å². The first-order chi connectivity index (χ1) is 13.8. The molecular formula is C24H31N3O. The van der Waals surface area contributed by atoms with E-state index < -0.39 is 0 Å². The number of nitrogens with zero attached hydrogens (tertiary/aromatic N) is 1. The Labute approximate surface area is 168 Å². The topological polar surface area (TPSA) is 44.4 Å². The van der Waals surface area contributed by atoms with Crippen molar-refractivity contribution in [2.24, 2.45) is 0 Å². The van der Waals surface area contributed by atoms with E-state index in [1.165, 1.54) is 24.8 Å². The van der Waals surface area contributed by atoms with Gasteiger partial charge in [-0.25, -0.2) is 4.79 Å². The van der Waals surface area contributed by atoms with Crippen molar-refractivity contribution >= 4 is 6.03 Å². The van der Waals surface area contributed by atoms with Crippen LogP contribution in [0.2, 0.25) is 0 Å². The van der Waals surface area contributed by atoms with Crippen molar-refractivity contribution in [3.63, 3.8) is 0 Å². The lowest BCUT2D eigenvalue weighted by atomic mass is 9.81. The number of amides is 2. The molecule has 2 aliphatic rings. The fourth-order valence-corrected chi connectivity index (χ4v) is 4.88.